The second-order valence-corrected chi connectivity index (χ2v) is 5.46. The molecule has 1 aliphatic heterocycles. The van der Waals surface area contributed by atoms with Gasteiger partial charge >= 0.3 is 11.0 Å². The predicted octanol–water partition coefficient (Wildman–Crippen LogP) is 2.10. The average Bonchev–Trinajstić information content (AvgIpc) is 2.78. The lowest BCUT2D eigenvalue weighted by Gasteiger charge is -2.32. The molecular weight excluding hydrogens is 256 g/mol. The summed E-state index contributed by atoms with van der Waals surface area (Å²) in [5, 5.41) is 19.8. The zero-order valence-electron chi connectivity index (χ0n) is 9.74. The van der Waals surface area contributed by atoms with Crippen LogP contribution in [0.15, 0.2) is 12.1 Å². The molecule has 1 atom stereocenters. The van der Waals surface area contributed by atoms with E-state index < -0.39 is 16.9 Å². The number of hydrogen-bond acceptors (Lipinski definition) is 5. The zero-order valence-corrected chi connectivity index (χ0v) is 10.6. The van der Waals surface area contributed by atoms with Crippen LogP contribution >= 0.6 is 11.3 Å². The molecule has 2 rings (SSSR count). The lowest BCUT2D eigenvalue weighted by Crippen LogP contribution is -2.43. The molecule has 7 heteroatoms. The summed E-state index contributed by atoms with van der Waals surface area (Å²) in [6.45, 7) is 1.22. The fourth-order valence-corrected chi connectivity index (χ4v) is 3.06. The Morgan fingerprint density at radius 3 is 2.94 bits per heavy atom. The number of rotatable bonds is 4. The molecule has 0 saturated carbocycles. The lowest BCUT2D eigenvalue weighted by molar-refractivity contribution is -0.380. The van der Waals surface area contributed by atoms with Crippen molar-refractivity contribution in [3.05, 3.63) is 27.1 Å². The lowest BCUT2D eigenvalue weighted by atomic mass is 10.0. The van der Waals surface area contributed by atoms with E-state index in [1.165, 1.54) is 6.07 Å². The van der Waals surface area contributed by atoms with Crippen molar-refractivity contribution in [1.82, 2.24) is 4.90 Å². The third kappa shape index (κ3) is 2.85. The Morgan fingerprint density at radius 2 is 2.33 bits per heavy atom. The molecule has 18 heavy (non-hydrogen) atoms. The number of piperidine rings is 1. The topological polar surface area (TPSA) is 83.7 Å². The molecule has 98 valence electrons. The number of thiophene rings is 1. The Balaban J connectivity index is 2.06. The van der Waals surface area contributed by atoms with Gasteiger partial charge in [0.15, 0.2) is 0 Å². The smallest absolute Gasteiger partial charge is 0.324 e. The van der Waals surface area contributed by atoms with Gasteiger partial charge in [-0.05, 0) is 25.5 Å². The number of nitro groups is 1. The van der Waals surface area contributed by atoms with Gasteiger partial charge in [-0.15, -0.1) is 0 Å². The van der Waals surface area contributed by atoms with Crippen molar-refractivity contribution in [2.45, 2.75) is 31.8 Å². The van der Waals surface area contributed by atoms with Crippen molar-refractivity contribution in [2.75, 3.05) is 6.54 Å². The minimum absolute atomic E-state index is 0.105. The third-order valence-corrected chi connectivity index (χ3v) is 4.11. The summed E-state index contributed by atoms with van der Waals surface area (Å²) in [6.07, 6.45) is 2.57. The first kappa shape index (κ1) is 13.0. The fraction of sp³-hybridized carbons (Fsp3) is 0.545. The molecule has 0 aliphatic carbocycles. The number of carbonyl (C=O) groups is 1. The number of likely N-dealkylation sites (tertiary alicyclic amines) is 1. The number of aliphatic carboxylic acids is 1. The molecule has 1 fully saturated rings. The Hall–Kier alpha value is -1.47. The summed E-state index contributed by atoms with van der Waals surface area (Å²) in [5.41, 5.74) is 0. The molecule has 6 nitrogen and oxygen atoms in total. The van der Waals surface area contributed by atoms with Gasteiger partial charge in [0.1, 0.15) is 6.04 Å². The van der Waals surface area contributed by atoms with Crippen LogP contribution in [0.2, 0.25) is 0 Å². The maximum absolute atomic E-state index is 11.1. The molecule has 0 bridgehead atoms. The van der Waals surface area contributed by atoms with Crippen LogP contribution in [-0.2, 0) is 11.3 Å². The molecule has 1 unspecified atom stereocenters. The van der Waals surface area contributed by atoms with E-state index in [0.717, 1.165) is 35.6 Å². The number of carboxylic acids is 1. The van der Waals surface area contributed by atoms with Crippen LogP contribution in [0.5, 0.6) is 0 Å². The summed E-state index contributed by atoms with van der Waals surface area (Å²) in [5.74, 6) is -0.805. The van der Waals surface area contributed by atoms with Gasteiger partial charge in [-0.1, -0.05) is 17.8 Å². The second kappa shape index (κ2) is 5.45. The summed E-state index contributed by atoms with van der Waals surface area (Å²) >= 11 is 1.11. The van der Waals surface area contributed by atoms with Gasteiger partial charge in [-0.2, -0.15) is 0 Å². The molecular formula is C11H14N2O4S. The molecule has 1 aliphatic rings. The molecule has 0 amide bonds. The maximum Gasteiger partial charge on any atom is 0.324 e. The Bertz CT molecular complexity index is 460. The maximum atomic E-state index is 11.1. The Morgan fingerprint density at radius 1 is 1.56 bits per heavy atom. The zero-order chi connectivity index (χ0) is 13.1. The van der Waals surface area contributed by atoms with Crippen LogP contribution in [0.3, 0.4) is 0 Å². The molecule has 0 aromatic carbocycles. The predicted molar refractivity (Wildman–Crippen MR) is 66.7 cm³/mol. The second-order valence-electron chi connectivity index (χ2n) is 4.32. The van der Waals surface area contributed by atoms with Crippen LogP contribution in [0.25, 0.3) is 0 Å². The fourth-order valence-electron chi connectivity index (χ4n) is 2.21. The van der Waals surface area contributed by atoms with Crippen LogP contribution in [0.4, 0.5) is 5.00 Å². The van der Waals surface area contributed by atoms with Crippen molar-refractivity contribution in [2.24, 2.45) is 0 Å². The third-order valence-electron chi connectivity index (χ3n) is 3.09. The SMILES string of the molecule is O=C(O)C1CCCCN1Cc1ccc([N+](=O)[O-])s1. The van der Waals surface area contributed by atoms with Gasteiger partial charge in [0.2, 0.25) is 0 Å². The quantitative estimate of drug-likeness (QED) is 0.669. The summed E-state index contributed by atoms with van der Waals surface area (Å²) < 4.78 is 0. The van der Waals surface area contributed by atoms with E-state index in [0.29, 0.717) is 13.0 Å². The Kier molecular flexibility index (Phi) is 3.93. The van der Waals surface area contributed by atoms with Gasteiger partial charge in [-0.25, -0.2) is 0 Å². The first-order chi connectivity index (χ1) is 8.58. The highest BCUT2D eigenvalue weighted by atomic mass is 32.1. The first-order valence-electron chi connectivity index (χ1n) is 5.78. The summed E-state index contributed by atoms with van der Waals surface area (Å²) in [6, 6.07) is 2.72. The normalized spacial score (nSPS) is 20.8. The highest BCUT2D eigenvalue weighted by Gasteiger charge is 2.28. The van der Waals surface area contributed by atoms with E-state index in [1.807, 2.05) is 4.90 Å². The largest absolute Gasteiger partial charge is 0.480 e. The van der Waals surface area contributed by atoms with Gasteiger partial charge in [-0.3, -0.25) is 19.8 Å². The minimum atomic E-state index is -0.805. The molecule has 2 heterocycles. The van der Waals surface area contributed by atoms with Crippen molar-refractivity contribution >= 4 is 22.3 Å². The van der Waals surface area contributed by atoms with E-state index in [2.05, 4.69) is 0 Å². The van der Waals surface area contributed by atoms with Crippen LogP contribution in [0.1, 0.15) is 24.1 Å². The van der Waals surface area contributed by atoms with Gasteiger partial charge in [0.05, 0.1) is 4.92 Å². The van der Waals surface area contributed by atoms with Gasteiger partial charge in [0, 0.05) is 17.5 Å². The monoisotopic (exact) mass is 270 g/mol. The van der Waals surface area contributed by atoms with Gasteiger partial charge in [0.25, 0.3) is 0 Å². The van der Waals surface area contributed by atoms with Crippen molar-refractivity contribution in [3.63, 3.8) is 0 Å². The Labute approximate surface area is 108 Å². The number of nitrogens with zero attached hydrogens (tertiary/aromatic N) is 2. The standard InChI is InChI=1S/C11H14N2O4S/c14-11(15)9-3-1-2-6-12(9)7-8-4-5-10(18-8)13(16)17/h4-5,9H,1-3,6-7H2,(H,14,15). The molecule has 0 spiro atoms. The first-order valence-corrected chi connectivity index (χ1v) is 6.59. The minimum Gasteiger partial charge on any atom is -0.480 e. The van der Waals surface area contributed by atoms with E-state index in [1.54, 1.807) is 6.07 Å². The van der Waals surface area contributed by atoms with Crippen LogP contribution in [0, 0.1) is 10.1 Å². The molecule has 0 radical (unpaired) electrons. The van der Waals surface area contributed by atoms with E-state index in [4.69, 9.17) is 5.11 Å². The molecule has 1 saturated heterocycles. The number of carboxylic acid groups (broad SMARTS) is 1. The van der Waals surface area contributed by atoms with E-state index >= 15 is 0 Å². The van der Waals surface area contributed by atoms with Crippen molar-refractivity contribution < 1.29 is 14.8 Å². The molecule has 1 aromatic rings. The highest BCUT2D eigenvalue weighted by Crippen LogP contribution is 2.27. The van der Waals surface area contributed by atoms with Crippen molar-refractivity contribution in [3.8, 4) is 0 Å². The van der Waals surface area contributed by atoms with Crippen LogP contribution in [-0.4, -0.2) is 33.5 Å². The molecule has 1 aromatic heterocycles. The summed E-state index contributed by atoms with van der Waals surface area (Å²) in [7, 11) is 0. The average molecular weight is 270 g/mol. The van der Waals surface area contributed by atoms with Gasteiger partial charge < -0.3 is 5.11 Å². The highest BCUT2D eigenvalue weighted by molar-refractivity contribution is 7.15. The summed E-state index contributed by atoms with van der Waals surface area (Å²) in [4.78, 5) is 24.0. The van der Waals surface area contributed by atoms with Crippen LogP contribution < -0.4 is 0 Å². The number of hydrogen-bond donors (Lipinski definition) is 1. The van der Waals surface area contributed by atoms with E-state index in [9.17, 15) is 14.9 Å². The van der Waals surface area contributed by atoms with E-state index in [-0.39, 0.29) is 5.00 Å². The van der Waals surface area contributed by atoms with Crippen molar-refractivity contribution in [1.29, 1.82) is 0 Å². The molecule has 1 N–H and O–H groups in total.